The van der Waals surface area contributed by atoms with E-state index in [0.717, 1.165) is 6.42 Å². The lowest BCUT2D eigenvalue weighted by molar-refractivity contribution is -0.142. The van der Waals surface area contributed by atoms with Gasteiger partial charge in [0.25, 0.3) is 0 Å². The number of aliphatic carboxylic acids is 1. The zero-order valence-electron chi connectivity index (χ0n) is 11.5. The maximum atomic E-state index is 12.9. The standard InChI is InChI=1S/C14H16ClNO4S/c1-8-11(15)3-2-4-13(8)21(19,20)16-9-5-6-12(16)10(7-9)14(17)18/h2-4,9-10,12H,5-7H2,1H3,(H,17,18). The van der Waals surface area contributed by atoms with E-state index in [1.807, 2.05) is 0 Å². The maximum Gasteiger partial charge on any atom is 0.308 e. The van der Waals surface area contributed by atoms with E-state index in [4.69, 9.17) is 11.6 Å². The molecule has 7 heteroatoms. The zero-order chi connectivity index (χ0) is 15.4. The molecule has 3 unspecified atom stereocenters. The van der Waals surface area contributed by atoms with Gasteiger partial charge in [0.05, 0.1) is 10.8 Å². The van der Waals surface area contributed by atoms with Crippen LogP contribution >= 0.6 is 11.6 Å². The average Bonchev–Trinajstić information content (AvgIpc) is 2.99. The van der Waals surface area contributed by atoms with Crippen LogP contribution in [0.4, 0.5) is 0 Å². The molecule has 1 aromatic rings. The Bertz CT molecular complexity index is 703. The minimum Gasteiger partial charge on any atom is -0.481 e. The second-order valence-electron chi connectivity index (χ2n) is 5.68. The molecule has 0 aromatic heterocycles. The van der Waals surface area contributed by atoms with Crippen LogP contribution in [0.2, 0.25) is 5.02 Å². The molecule has 0 saturated carbocycles. The predicted octanol–water partition coefficient (Wildman–Crippen LogP) is 2.27. The summed E-state index contributed by atoms with van der Waals surface area (Å²) in [6.45, 7) is 1.67. The average molecular weight is 330 g/mol. The number of hydrogen-bond acceptors (Lipinski definition) is 3. The van der Waals surface area contributed by atoms with Crippen molar-refractivity contribution in [2.75, 3.05) is 0 Å². The van der Waals surface area contributed by atoms with Gasteiger partial charge in [-0.1, -0.05) is 17.7 Å². The number of hydrogen-bond donors (Lipinski definition) is 1. The summed E-state index contributed by atoms with van der Waals surface area (Å²) in [7, 11) is -3.71. The van der Waals surface area contributed by atoms with Gasteiger partial charge < -0.3 is 5.11 Å². The van der Waals surface area contributed by atoms with E-state index in [1.54, 1.807) is 19.1 Å². The van der Waals surface area contributed by atoms with Gasteiger partial charge in [0, 0.05) is 17.1 Å². The van der Waals surface area contributed by atoms with Gasteiger partial charge in [0.1, 0.15) is 0 Å². The first-order chi connectivity index (χ1) is 9.84. The molecule has 0 amide bonds. The molecule has 2 fully saturated rings. The minimum absolute atomic E-state index is 0.179. The summed E-state index contributed by atoms with van der Waals surface area (Å²) in [4.78, 5) is 11.5. The van der Waals surface area contributed by atoms with Gasteiger partial charge in [-0.2, -0.15) is 4.31 Å². The molecule has 1 N–H and O–H groups in total. The molecular weight excluding hydrogens is 314 g/mol. The number of rotatable bonds is 3. The smallest absolute Gasteiger partial charge is 0.308 e. The van der Waals surface area contributed by atoms with Crippen LogP contribution in [0.25, 0.3) is 0 Å². The van der Waals surface area contributed by atoms with Gasteiger partial charge in [-0.15, -0.1) is 0 Å². The lowest BCUT2D eigenvalue weighted by atomic mass is 9.89. The molecule has 114 valence electrons. The molecule has 1 aromatic carbocycles. The normalized spacial score (nSPS) is 29.0. The van der Waals surface area contributed by atoms with Crippen molar-refractivity contribution in [2.45, 2.75) is 43.2 Å². The number of fused-ring (bicyclic) bond motifs is 2. The SMILES string of the molecule is Cc1c(Cl)cccc1S(=O)(=O)N1C2CCC1C(C(=O)O)C2. The van der Waals surface area contributed by atoms with E-state index in [-0.39, 0.29) is 10.9 Å². The zero-order valence-corrected chi connectivity index (χ0v) is 13.1. The van der Waals surface area contributed by atoms with Crippen molar-refractivity contribution in [3.8, 4) is 0 Å². The second kappa shape index (κ2) is 4.97. The number of carbonyl (C=O) groups is 1. The Labute approximate surface area is 128 Å². The van der Waals surface area contributed by atoms with Gasteiger partial charge in [-0.3, -0.25) is 4.79 Å². The van der Waals surface area contributed by atoms with E-state index >= 15 is 0 Å². The van der Waals surface area contributed by atoms with Crippen molar-refractivity contribution in [1.29, 1.82) is 0 Å². The van der Waals surface area contributed by atoms with Gasteiger partial charge in [-0.05, 0) is 43.9 Å². The third-order valence-corrected chi connectivity index (χ3v) is 7.10. The number of nitrogens with zero attached hydrogens (tertiary/aromatic N) is 1. The summed E-state index contributed by atoms with van der Waals surface area (Å²) >= 11 is 6.02. The van der Waals surface area contributed by atoms with E-state index in [1.165, 1.54) is 10.4 Å². The molecule has 21 heavy (non-hydrogen) atoms. The number of carboxylic acids is 1. The molecule has 2 bridgehead atoms. The van der Waals surface area contributed by atoms with Crippen molar-refractivity contribution in [1.82, 2.24) is 4.31 Å². The van der Waals surface area contributed by atoms with Gasteiger partial charge in [0.2, 0.25) is 10.0 Å². The predicted molar refractivity (Wildman–Crippen MR) is 77.8 cm³/mol. The van der Waals surface area contributed by atoms with Gasteiger partial charge in [-0.25, -0.2) is 8.42 Å². The van der Waals surface area contributed by atoms with E-state index in [9.17, 15) is 18.3 Å². The van der Waals surface area contributed by atoms with Crippen LogP contribution in [0.1, 0.15) is 24.8 Å². The Balaban J connectivity index is 2.04. The molecule has 0 radical (unpaired) electrons. The summed E-state index contributed by atoms with van der Waals surface area (Å²) < 4.78 is 27.2. The number of carboxylic acid groups (broad SMARTS) is 1. The van der Waals surface area contributed by atoms with Crippen LogP contribution in [0, 0.1) is 12.8 Å². The highest BCUT2D eigenvalue weighted by molar-refractivity contribution is 7.89. The van der Waals surface area contributed by atoms with Crippen LogP contribution in [0.5, 0.6) is 0 Å². The molecule has 3 rings (SSSR count). The monoisotopic (exact) mass is 329 g/mol. The number of halogens is 1. The highest BCUT2D eigenvalue weighted by atomic mass is 35.5. The molecule has 2 aliphatic rings. The molecule has 5 nitrogen and oxygen atoms in total. The first-order valence-corrected chi connectivity index (χ1v) is 8.67. The molecular formula is C14H16ClNO4S. The van der Waals surface area contributed by atoms with E-state index in [0.29, 0.717) is 23.4 Å². The van der Waals surface area contributed by atoms with Gasteiger partial charge in [0.15, 0.2) is 0 Å². The summed E-state index contributed by atoms with van der Waals surface area (Å²) in [6, 6.07) is 4.14. The van der Waals surface area contributed by atoms with Crippen molar-refractivity contribution in [3.63, 3.8) is 0 Å². The molecule has 2 aliphatic heterocycles. The van der Waals surface area contributed by atoms with Crippen LogP contribution < -0.4 is 0 Å². The molecule has 2 saturated heterocycles. The Morgan fingerprint density at radius 2 is 2.10 bits per heavy atom. The topological polar surface area (TPSA) is 74.7 Å². The molecule has 3 atom stereocenters. The van der Waals surface area contributed by atoms with Crippen molar-refractivity contribution in [3.05, 3.63) is 28.8 Å². The third-order valence-electron chi connectivity index (χ3n) is 4.56. The van der Waals surface area contributed by atoms with E-state index in [2.05, 4.69) is 0 Å². The summed E-state index contributed by atoms with van der Waals surface area (Å²) in [5.74, 6) is -1.51. The first kappa shape index (κ1) is 14.8. The van der Waals surface area contributed by atoms with Crippen LogP contribution in [0.15, 0.2) is 23.1 Å². The fourth-order valence-electron chi connectivity index (χ4n) is 3.56. The van der Waals surface area contributed by atoms with Crippen LogP contribution in [-0.2, 0) is 14.8 Å². The molecule has 0 aliphatic carbocycles. The number of benzene rings is 1. The molecule has 2 heterocycles. The fraction of sp³-hybridized carbons (Fsp3) is 0.500. The van der Waals surface area contributed by atoms with E-state index < -0.39 is 28.0 Å². The minimum atomic E-state index is -3.71. The fourth-order valence-corrected chi connectivity index (χ4v) is 5.96. The quantitative estimate of drug-likeness (QED) is 0.923. The highest BCUT2D eigenvalue weighted by Gasteiger charge is 2.54. The largest absolute Gasteiger partial charge is 0.481 e. The number of sulfonamides is 1. The molecule has 0 spiro atoms. The van der Waals surface area contributed by atoms with Crippen molar-refractivity contribution in [2.24, 2.45) is 5.92 Å². The summed E-state index contributed by atoms with van der Waals surface area (Å²) in [5.41, 5.74) is 0.511. The Morgan fingerprint density at radius 1 is 1.38 bits per heavy atom. The Morgan fingerprint density at radius 3 is 2.71 bits per heavy atom. The second-order valence-corrected chi connectivity index (χ2v) is 7.90. The summed E-state index contributed by atoms with van der Waals surface area (Å²) in [5, 5.41) is 9.65. The first-order valence-electron chi connectivity index (χ1n) is 6.85. The van der Waals surface area contributed by atoms with Crippen LogP contribution in [-0.4, -0.2) is 35.9 Å². The van der Waals surface area contributed by atoms with Crippen LogP contribution in [0.3, 0.4) is 0 Å². The lowest BCUT2D eigenvalue weighted by Crippen LogP contribution is -2.38. The third kappa shape index (κ3) is 2.17. The van der Waals surface area contributed by atoms with Crippen molar-refractivity contribution >= 4 is 27.6 Å². The van der Waals surface area contributed by atoms with Gasteiger partial charge >= 0.3 is 5.97 Å². The highest BCUT2D eigenvalue weighted by Crippen LogP contribution is 2.45. The Kier molecular flexibility index (Phi) is 3.50. The summed E-state index contributed by atoms with van der Waals surface area (Å²) in [6.07, 6.45) is 1.74. The maximum absolute atomic E-state index is 12.9. The Hall–Kier alpha value is -1.11. The lowest BCUT2D eigenvalue weighted by Gasteiger charge is -2.23. The van der Waals surface area contributed by atoms with Crippen molar-refractivity contribution < 1.29 is 18.3 Å².